The molecule has 0 aliphatic carbocycles. The zero-order chi connectivity index (χ0) is 9.97. The lowest BCUT2D eigenvalue weighted by Crippen LogP contribution is -2.06. The quantitative estimate of drug-likeness (QED) is 0.751. The Morgan fingerprint density at radius 1 is 1.36 bits per heavy atom. The molecule has 0 aliphatic rings. The Labute approximate surface area is 81.5 Å². The Kier molecular flexibility index (Phi) is 2.33. The van der Waals surface area contributed by atoms with Crippen LogP contribution in [-0.2, 0) is 0 Å². The zero-order valence-corrected chi connectivity index (χ0v) is 7.69. The number of para-hydroxylation sites is 1. The van der Waals surface area contributed by atoms with Gasteiger partial charge in [-0.2, -0.15) is 0 Å². The average molecular weight is 189 g/mol. The van der Waals surface area contributed by atoms with Crippen molar-refractivity contribution in [3.05, 3.63) is 36.1 Å². The maximum atomic E-state index is 11.4. The van der Waals surface area contributed by atoms with Gasteiger partial charge in [-0.15, -0.1) is 0 Å². The summed E-state index contributed by atoms with van der Waals surface area (Å²) >= 11 is 0. The van der Waals surface area contributed by atoms with Gasteiger partial charge in [0.1, 0.15) is 5.58 Å². The molecule has 0 atom stereocenters. The number of rotatable bonds is 3. The Morgan fingerprint density at radius 2 is 2.14 bits per heavy atom. The molecule has 3 heteroatoms. The molecule has 0 saturated carbocycles. The summed E-state index contributed by atoms with van der Waals surface area (Å²) in [6.45, 7) is 0.357. The summed E-state index contributed by atoms with van der Waals surface area (Å²) < 4.78 is 5.38. The van der Waals surface area contributed by atoms with Crippen LogP contribution in [0.3, 0.4) is 0 Å². The van der Waals surface area contributed by atoms with Crippen LogP contribution in [0, 0.1) is 0 Å². The molecule has 0 amide bonds. The fourth-order valence-corrected chi connectivity index (χ4v) is 1.37. The van der Waals surface area contributed by atoms with Gasteiger partial charge in [0.2, 0.25) is 0 Å². The molecule has 3 nitrogen and oxygen atoms in total. The predicted molar refractivity (Wildman–Crippen MR) is 54.2 cm³/mol. The molecule has 2 aromatic rings. The summed E-state index contributed by atoms with van der Waals surface area (Å²) in [6.07, 6.45) is 0.333. The molecule has 14 heavy (non-hydrogen) atoms. The Morgan fingerprint density at radius 3 is 2.86 bits per heavy atom. The first kappa shape index (κ1) is 8.97. The van der Waals surface area contributed by atoms with Crippen molar-refractivity contribution in [2.24, 2.45) is 5.73 Å². The molecule has 0 fully saturated rings. The van der Waals surface area contributed by atoms with E-state index in [4.69, 9.17) is 10.2 Å². The van der Waals surface area contributed by atoms with Gasteiger partial charge in [0.05, 0.1) is 0 Å². The predicted octanol–water partition coefficient (Wildman–Crippen LogP) is 1.96. The second-order valence-corrected chi connectivity index (χ2v) is 3.11. The monoisotopic (exact) mass is 189 g/mol. The van der Waals surface area contributed by atoms with Crippen LogP contribution >= 0.6 is 0 Å². The van der Waals surface area contributed by atoms with E-state index in [1.807, 2.05) is 24.3 Å². The van der Waals surface area contributed by atoms with Crippen molar-refractivity contribution in [3.8, 4) is 0 Å². The van der Waals surface area contributed by atoms with Crippen LogP contribution in [0.2, 0.25) is 0 Å². The van der Waals surface area contributed by atoms with E-state index in [1.165, 1.54) is 0 Å². The molecule has 0 radical (unpaired) electrons. The molecular formula is C11H11NO2. The van der Waals surface area contributed by atoms with Gasteiger partial charge in [0, 0.05) is 11.8 Å². The largest absolute Gasteiger partial charge is 0.453 e. The Balaban J connectivity index is 2.40. The third-order valence-corrected chi connectivity index (χ3v) is 2.07. The lowest BCUT2D eigenvalue weighted by atomic mass is 10.2. The smallest absolute Gasteiger partial charge is 0.199 e. The number of hydrogen-bond acceptors (Lipinski definition) is 3. The number of furan rings is 1. The summed E-state index contributed by atoms with van der Waals surface area (Å²) in [7, 11) is 0. The highest BCUT2D eigenvalue weighted by Gasteiger charge is 2.10. The summed E-state index contributed by atoms with van der Waals surface area (Å²) in [6, 6.07) is 9.30. The number of Topliss-reactive ketones (excluding diaryl/α,β-unsaturated/α-hetero) is 1. The van der Waals surface area contributed by atoms with Crippen LogP contribution in [0.15, 0.2) is 34.7 Å². The van der Waals surface area contributed by atoms with Crippen LogP contribution in [0.25, 0.3) is 11.0 Å². The van der Waals surface area contributed by atoms with Gasteiger partial charge >= 0.3 is 0 Å². The van der Waals surface area contributed by atoms with E-state index in [0.717, 1.165) is 11.0 Å². The van der Waals surface area contributed by atoms with Gasteiger partial charge in [-0.05, 0) is 18.7 Å². The second kappa shape index (κ2) is 3.64. The minimum atomic E-state index is -0.0382. The van der Waals surface area contributed by atoms with E-state index in [-0.39, 0.29) is 5.78 Å². The number of fused-ring (bicyclic) bond motifs is 1. The first-order chi connectivity index (χ1) is 6.81. The fraction of sp³-hybridized carbons (Fsp3) is 0.182. The van der Waals surface area contributed by atoms with Crippen LogP contribution in [0.4, 0.5) is 0 Å². The molecule has 1 heterocycles. The van der Waals surface area contributed by atoms with Gasteiger partial charge in [0.15, 0.2) is 11.5 Å². The van der Waals surface area contributed by atoms with E-state index in [2.05, 4.69) is 0 Å². The standard InChI is InChI=1S/C11H11NO2/c12-6-5-9(13)11-7-8-3-1-2-4-10(8)14-11/h1-4,7H,5-6,12H2. The molecule has 0 unspecified atom stereocenters. The Hall–Kier alpha value is -1.61. The highest BCUT2D eigenvalue weighted by molar-refractivity contribution is 5.97. The van der Waals surface area contributed by atoms with Crippen LogP contribution in [0.1, 0.15) is 17.0 Å². The maximum Gasteiger partial charge on any atom is 0.199 e. The number of nitrogens with two attached hydrogens (primary N) is 1. The third-order valence-electron chi connectivity index (χ3n) is 2.07. The SMILES string of the molecule is NCCC(=O)c1cc2ccccc2o1. The zero-order valence-electron chi connectivity index (χ0n) is 7.69. The number of benzene rings is 1. The van der Waals surface area contributed by atoms with Crippen molar-refractivity contribution in [3.63, 3.8) is 0 Å². The maximum absolute atomic E-state index is 11.4. The first-order valence-electron chi connectivity index (χ1n) is 4.53. The summed E-state index contributed by atoms with van der Waals surface area (Å²) in [5.41, 5.74) is 6.04. The highest BCUT2D eigenvalue weighted by atomic mass is 16.3. The van der Waals surface area contributed by atoms with Crippen LogP contribution < -0.4 is 5.73 Å². The second-order valence-electron chi connectivity index (χ2n) is 3.11. The van der Waals surface area contributed by atoms with Crippen molar-refractivity contribution in [1.29, 1.82) is 0 Å². The normalized spacial score (nSPS) is 10.6. The molecular weight excluding hydrogens is 178 g/mol. The van der Waals surface area contributed by atoms with Crippen LogP contribution in [0.5, 0.6) is 0 Å². The average Bonchev–Trinajstić information content (AvgIpc) is 2.61. The van der Waals surface area contributed by atoms with E-state index in [9.17, 15) is 4.79 Å². The van der Waals surface area contributed by atoms with Gasteiger partial charge in [-0.1, -0.05) is 18.2 Å². The minimum absolute atomic E-state index is 0.0382. The van der Waals surface area contributed by atoms with E-state index in [1.54, 1.807) is 6.07 Å². The van der Waals surface area contributed by atoms with Crippen molar-refractivity contribution in [1.82, 2.24) is 0 Å². The van der Waals surface area contributed by atoms with E-state index in [0.29, 0.717) is 18.7 Å². The number of hydrogen-bond donors (Lipinski definition) is 1. The molecule has 1 aromatic carbocycles. The number of ketones is 1. The number of carbonyl (C=O) groups excluding carboxylic acids is 1. The summed E-state index contributed by atoms with van der Waals surface area (Å²) in [4.78, 5) is 11.4. The van der Waals surface area contributed by atoms with Crippen molar-refractivity contribution < 1.29 is 9.21 Å². The minimum Gasteiger partial charge on any atom is -0.453 e. The van der Waals surface area contributed by atoms with Crippen LogP contribution in [-0.4, -0.2) is 12.3 Å². The van der Waals surface area contributed by atoms with E-state index < -0.39 is 0 Å². The molecule has 0 spiro atoms. The Bertz CT molecular complexity index is 426. The topological polar surface area (TPSA) is 56.2 Å². The number of carbonyl (C=O) groups is 1. The molecule has 2 N–H and O–H groups in total. The van der Waals surface area contributed by atoms with Crippen molar-refractivity contribution in [2.45, 2.75) is 6.42 Å². The lowest BCUT2D eigenvalue weighted by molar-refractivity contribution is 0.0961. The highest BCUT2D eigenvalue weighted by Crippen LogP contribution is 2.19. The summed E-state index contributed by atoms with van der Waals surface area (Å²) in [5, 5.41) is 0.952. The van der Waals surface area contributed by atoms with Gasteiger partial charge in [-0.25, -0.2) is 0 Å². The summed E-state index contributed by atoms with van der Waals surface area (Å²) in [5.74, 6) is 0.361. The molecule has 0 saturated heterocycles. The molecule has 72 valence electrons. The molecule has 1 aromatic heterocycles. The molecule has 0 bridgehead atoms. The van der Waals surface area contributed by atoms with E-state index >= 15 is 0 Å². The molecule has 0 aliphatic heterocycles. The third kappa shape index (κ3) is 1.54. The first-order valence-corrected chi connectivity index (χ1v) is 4.53. The molecule has 2 rings (SSSR count). The van der Waals surface area contributed by atoms with Crippen molar-refractivity contribution in [2.75, 3.05) is 6.54 Å². The van der Waals surface area contributed by atoms with Gasteiger partial charge in [0.25, 0.3) is 0 Å². The van der Waals surface area contributed by atoms with Gasteiger partial charge in [-0.3, -0.25) is 4.79 Å². The van der Waals surface area contributed by atoms with Crippen molar-refractivity contribution >= 4 is 16.8 Å². The lowest BCUT2D eigenvalue weighted by Gasteiger charge is -1.91. The fourth-order valence-electron chi connectivity index (χ4n) is 1.37. The van der Waals surface area contributed by atoms with Gasteiger partial charge < -0.3 is 10.2 Å².